The van der Waals surface area contributed by atoms with Crippen LogP contribution in [0.1, 0.15) is 23.6 Å². The number of aromatic nitrogens is 2. The van der Waals surface area contributed by atoms with Gasteiger partial charge in [0.2, 0.25) is 11.8 Å². The Bertz CT molecular complexity index is 1180. The monoisotopic (exact) mass is 453 g/mol. The number of aliphatic hydroxyl groups excluding tert-OH is 2. The first-order chi connectivity index (χ1) is 15.7. The van der Waals surface area contributed by atoms with Crippen molar-refractivity contribution in [1.82, 2.24) is 19.9 Å². The van der Waals surface area contributed by atoms with Gasteiger partial charge in [-0.2, -0.15) is 4.98 Å². The molecule has 9 heteroatoms. The molecule has 0 saturated heterocycles. The molecule has 2 aromatic carbocycles. The molecule has 0 bridgehead atoms. The zero-order valence-corrected chi connectivity index (χ0v) is 18.9. The third-order valence-electron chi connectivity index (χ3n) is 6.02. The number of quaternary nitrogens is 1. The summed E-state index contributed by atoms with van der Waals surface area (Å²) >= 11 is 0. The van der Waals surface area contributed by atoms with E-state index in [1.54, 1.807) is 26.0 Å². The van der Waals surface area contributed by atoms with Crippen molar-refractivity contribution in [2.75, 3.05) is 25.2 Å². The van der Waals surface area contributed by atoms with Gasteiger partial charge in [0.1, 0.15) is 18.2 Å². The Morgan fingerprint density at radius 3 is 2.52 bits per heavy atom. The molecular formula is C24H28FN5O3. The van der Waals surface area contributed by atoms with Crippen LogP contribution in [0.5, 0.6) is 0 Å². The molecule has 1 aliphatic rings. The Kier molecular flexibility index (Phi) is 6.17. The van der Waals surface area contributed by atoms with Crippen LogP contribution in [0.3, 0.4) is 0 Å². The summed E-state index contributed by atoms with van der Waals surface area (Å²) in [5.74, 6) is 0.00191. The summed E-state index contributed by atoms with van der Waals surface area (Å²) in [4.78, 5) is 9.25. The van der Waals surface area contributed by atoms with Crippen LogP contribution < -0.4 is 15.3 Å². The molecule has 4 rings (SSSR count). The predicted molar refractivity (Wildman–Crippen MR) is 126 cm³/mol. The lowest BCUT2D eigenvalue weighted by molar-refractivity contribution is 0.147. The molecule has 0 amide bonds. The highest BCUT2D eigenvalue weighted by Gasteiger charge is 2.37. The van der Waals surface area contributed by atoms with Gasteiger partial charge in [-0.1, -0.05) is 18.2 Å². The number of rotatable bonds is 6. The van der Waals surface area contributed by atoms with Crippen molar-refractivity contribution in [2.45, 2.75) is 32.9 Å². The molecule has 33 heavy (non-hydrogen) atoms. The maximum absolute atomic E-state index is 14.3. The molecule has 0 spiro atoms. The Morgan fingerprint density at radius 2 is 1.85 bits per heavy atom. The van der Waals surface area contributed by atoms with E-state index in [0.29, 0.717) is 34.6 Å². The van der Waals surface area contributed by atoms with Crippen LogP contribution in [0.25, 0.3) is 11.3 Å². The minimum Gasteiger partial charge on any atom is -0.620 e. The molecule has 3 aromatic rings. The lowest BCUT2D eigenvalue weighted by atomic mass is 9.99. The maximum Gasteiger partial charge on any atom is 0.243 e. The van der Waals surface area contributed by atoms with E-state index in [9.17, 15) is 19.8 Å². The number of nitrogens with zero attached hydrogens (tertiary/aromatic N) is 3. The smallest absolute Gasteiger partial charge is 0.243 e. The number of halogens is 1. The standard InChI is InChI=1S/C24H28FN5O3/c1-15-6-4-5-7-20(15)30(33)14-26-11-19-21(18-9-8-17(25)10-16(18)2)27-23(28-22(19)30)29-24(3,12-31)13-32/h4-10,26,31-32H,11-14H2,1-3H3,(H,27,28,29). The maximum atomic E-state index is 14.3. The molecule has 0 aliphatic carbocycles. The summed E-state index contributed by atoms with van der Waals surface area (Å²) in [6.45, 7) is 4.99. The van der Waals surface area contributed by atoms with Crippen LogP contribution in [-0.2, 0) is 6.54 Å². The average Bonchev–Trinajstić information content (AvgIpc) is 2.79. The Morgan fingerprint density at radius 1 is 1.12 bits per heavy atom. The van der Waals surface area contributed by atoms with Gasteiger partial charge in [-0.3, -0.25) is 9.96 Å². The summed E-state index contributed by atoms with van der Waals surface area (Å²) in [7, 11) is 0. The SMILES string of the molecule is Cc1cc(F)ccc1-c1nc(NC(C)(CO)CO)nc2c1CNC[N+]2([O-])c1ccccc1C. The first-order valence-corrected chi connectivity index (χ1v) is 10.7. The summed E-state index contributed by atoms with van der Waals surface area (Å²) < 4.78 is 13.0. The number of hydrogen-bond donors (Lipinski definition) is 4. The molecule has 0 radical (unpaired) electrons. The molecule has 2 heterocycles. The molecule has 1 unspecified atom stereocenters. The molecule has 1 aromatic heterocycles. The van der Waals surface area contributed by atoms with Crippen LogP contribution in [0.15, 0.2) is 42.5 Å². The van der Waals surface area contributed by atoms with Gasteiger partial charge >= 0.3 is 0 Å². The third kappa shape index (κ3) is 4.21. The number of fused-ring (bicyclic) bond motifs is 1. The lowest BCUT2D eigenvalue weighted by Gasteiger charge is -2.45. The van der Waals surface area contributed by atoms with Crippen molar-refractivity contribution in [2.24, 2.45) is 0 Å². The number of benzene rings is 2. The minimum absolute atomic E-state index is 0.0768. The van der Waals surface area contributed by atoms with E-state index in [1.165, 1.54) is 12.1 Å². The zero-order chi connectivity index (χ0) is 23.8. The number of hydrogen-bond acceptors (Lipinski definition) is 7. The van der Waals surface area contributed by atoms with Gasteiger partial charge in [-0.15, -0.1) is 0 Å². The number of hydroxylamine groups is 1. The predicted octanol–water partition coefficient (Wildman–Crippen LogP) is 3.25. The summed E-state index contributed by atoms with van der Waals surface area (Å²) in [6.07, 6.45) is 0. The molecule has 174 valence electrons. The van der Waals surface area contributed by atoms with Crippen LogP contribution in [-0.4, -0.2) is 45.6 Å². The van der Waals surface area contributed by atoms with Crippen molar-refractivity contribution in [3.05, 3.63) is 70.2 Å². The average molecular weight is 454 g/mol. The van der Waals surface area contributed by atoms with Gasteiger partial charge in [0.25, 0.3) is 0 Å². The van der Waals surface area contributed by atoms with Crippen molar-refractivity contribution in [1.29, 1.82) is 0 Å². The third-order valence-corrected chi connectivity index (χ3v) is 6.02. The van der Waals surface area contributed by atoms with Gasteiger partial charge in [0.05, 0.1) is 30.0 Å². The molecule has 0 fully saturated rings. The second-order valence-electron chi connectivity index (χ2n) is 8.77. The number of aliphatic hydroxyl groups is 2. The highest BCUT2D eigenvalue weighted by atomic mass is 19.1. The second kappa shape index (κ2) is 8.77. The Balaban J connectivity index is 1.99. The topological polar surface area (TPSA) is 113 Å². The van der Waals surface area contributed by atoms with E-state index in [1.807, 2.05) is 25.1 Å². The van der Waals surface area contributed by atoms with E-state index in [-0.39, 0.29) is 37.5 Å². The first kappa shape index (κ1) is 23.2. The molecule has 4 N–H and O–H groups in total. The van der Waals surface area contributed by atoms with Gasteiger partial charge in [0, 0.05) is 23.7 Å². The fourth-order valence-corrected chi connectivity index (χ4v) is 4.09. The van der Waals surface area contributed by atoms with Crippen LogP contribution >= 0.6 is 0 Å². The van der Waals surface area contributed by atoms with Crippen molar-refractivity contribution in [3.8, 4) is 11.3 Å². The molecule has 1 aliphatic heterocycles. The van der Waals surface area contributed by atoms with Gasteiger partial charge in [-0.05, 0) is 44.5 Å². The number of anilines is 1. The highest BCUT2D eigenvalue weighted by Crippen LogP contribution is 2.42. The van der Waals surface area contributed by atoms with E-state index in [4.69, 9.17) is 0 Å². The highest BCUT2D eigenvalue weighted by molar-refractivity contribution is 5.76. The van der Waals surface area contributed by atoms with Crippen molar-refractivity contribution >= 4 is 17.5 Å². The van der Waals surface area contributed by atoms with E-state index in [0.717, 1.165) is 5.56 Å². The first-order valence-electron chi connectivity index (χ1n) is 10.7. The zero-order valence-electron chi connectivity index (χ0n) is 18.9. The van der Waals surface area contributed by atoms with Gasteiger partial charge < -0.3 is 20.7 Å². The second-order valence-corrected chi connectivity index (χ2v) is 8.77. The minimum atomic E-state index is -1.10. The quantitative estimate of drug-likeness (QED) is 0.335. The fourth-order valence-electron chi connectivity index (χ4n) is 4.09. The summed E-state index contributed by atoms with van der Waals surface area (Å²) in [5, 5.41) is 40.1. The van der Waals surface area contributed by atoms with E-state index in [2.05, 4.69) is 20.6 Å². The van der Waals surface area contributed by atoms with E-state index < -0.39 is 10.2 Å². The van der Waals surface area contributed by atoms with Crippen molar-refractivity contribution in [3.63, 3.8) is 0 Å². The van der Waals surface area contributed by atoms with Gasteiger partial charge in [0.15, 0.2) is 0 Å². The van der Waals surface area contributed by atoms with Crippen LogP contribution in [0.4, 0.5) is 21.8 Å². The normalized spacial score (nSPS) is 18.2. The van der Waals surface area contributed by atoms with Crippen molar-refractivity contribution < 1.29 is 14.6 Å². The molecule has 8 nitrogen and oxygen atoms in total. The number of para-hydroxylation sites is 1. The van der Waals surface area contributed by atoms with Crippen LogP contribution in [0.2, 0.25) is 0 Å². The summed E-state index contributed by atoms with van der Waals surface area (Å²) in [5.41, 5.74) is 2.73. The Labute approximate surface area is 191 Å². The molecule has 1 atom stereocenters. The fraction of sp³-hybridized carbons (Fsp3) is 0.333. The van der Waals surface area contributed by atoms with Gasteiger partial charge in [-0.25, -0.2) is 9.37 Å². The molecular weight excluding hydrogens is 425 g/mol. The molecule has 0 saturated carbocycles. The summed E-state index contributed by atoms with van der Waals surface area (Å²) in [6, 6.07) is 11.7. The lowest BCUT2D eigenvalue weighted by Crippen LogP contribution is -2.51. The van der Waals surface area contributed by atoms with Crippen LogP contribution in [0, 0.1) is 24.9 Å². The Hall–Kier alpha value is -2.95. The number of aryl methyl sites for hydroxylation is 2. The largest absolute Gasteiger partial charge is 0.620 e. The van der Waals surface area contributed by atoms with E-state index >= 15 is 0 Å². The number of nitrogens with one attached hydrogen (secondary N) is 2.